The molecule has 2 aromatic heterocycles. The number of rotatable bonds is 3. The average molecular weight is 396 g/mol. The van der Waals surface area contributed by atoms with Crippen molar-refractivity contribution in [1.29, 1.82) is 0 Å². The molecule has 0 spiro atoms. The number of aromatic nitrogens is 2. The van der Waals surface area contributed by atoms with E-state index in [2.05, 4.69) is 9.97 Å². The van der Waals surface area contributed by atoms with Crippen LogP contribution >= 0.6 is 34.5 Å². The van der Waals surface area contributed by atoms with Crippen LogP contribution < -0.4 is 5.56 Å². The second-order valence-corrected chi connectivity index (χ2v) is 7.70. The van der Waals surface area contributed by atoms with Crippen LogP contribution in [0.25, 0.3) is 10.2 Å². The van der Waals surface area contributed by atoms with Gasteiger partial charge < -0.3 is 9.88 Å². The summed E-state index contributed by atoms with van der Waals surface area (Å²) in [6, 6.07) is 5.19. The van der Waals surface area contributed by atoms with Crippen LogP contribution in [0.2, 0.25) is 10.0 Å². The van der Waals surface area contributed by atoms with Gasteiger partial charge in [-0.3, -0.25) is 9.59 Å². The molecule has 0 saturated carbocycles. The van der Waals surface area contributed by atoms with Crippen molar-refractivity contribution in [2.45, 2.75) is 13.3 Å². The van der Waals surface area contributed by atoms with Crippen molar-refractivity contribution >= 4 is 50.7 Å². The Labute approximate surface area is 158 Å². The number of nitrogens with zero attached hydrogens (tertiary/aromatic N) is 2. The topological polar surface area (TPSA) is 66.1 Å². The van der Waals surface area contributed by atoms with Gasteiger partial charge in [0.1, 0.15) is 10.7 Å². The molecule has 3 rings (SSSR count). The highest BCUT2D eigenvalue weighted by Gasteiger charge is 2.20. The number of halogens is 2. The van der Waals surface area contributed by atoms with Crippen LogP contribution in [0.15, 0.2) is 23.0 Å². The highest BCUT2D eigenvalue weighted by Crippen LogP contribution is 2.28. The molecule has 0 atom stereocenters. The number of fused-ring (bicyclic) bond motifs is 1. The van der Waals surface area contributed by atoms with Gasteiger partial charge in [0.05, 0.1) is 10.3 Å². The third-order valence-corrected chi connectivity index (χ3v) is 5.58. The Morgan fingerprint density at radius 1 is 1.32 bits per heavy atom. The molecule has 0 radical (unpaired) electrons. The quantitative estimate of drug-likeness (QED) is 0.731. The normalized spacial score (nSPS) is 11.1. The summed E-state index contributed by atoms with van der Waals surface area (Å²) >= 11 is 13.3. The zero-order valence-corrected chi connectivity index (χ0v) is 16.1. The van der Waals surface area contributed by atoms with Crippen LogP contribution in [0.4, 0.5) is 0 Å². The van der Waals surface area contributed by atoms with Gasteiger partial charge in [0.25, 0.3) is 11.5 Å². The number of aryl methyl sites for hydroxylation is 1. The van der Waals surface area contributed by atoms with Crippen LogP contribution in [0.1, 0.15) is 26.6 Å². The van der Waals surface area contributed by atoms with E-state index in [4.69, 9.17) is 23.2 Å². The molecule has 5 nitrogen and oxygen atoms in total. The molecule has 2 heterocycles. The van der Waals surface area contributed by atoms with Gasteiger partial charge in [0.15, 0.2) is 0 Å². The third-order valence-electron chi connectivity index (χ3n) is 3.82. The molecule has 0 saturated heterocycles. The molecule has 25 heavy (non-hydrogen) atoms. The number of carbonyl (C=O) groups is 1. The smallest absolute Gasteiger partial charge is 0.263 e. The van der Waals surface area contributed by atoms with Gasteiger partial charge in [-0.2, -0.15) is 0 Å². The first kappa shape index (κ1) is 17.9. The maximum Gasteiger partial charge on any atom is 0.263 e. The molecule has 0 aliphatic heterocycles. The Hall–Kier alpha value is -1.89. The maximum atomic E-state index is 12.5. The third kappa shape index (κ3) is 3.42. The Bertz CT molecular complexity index is 1040. The number of amides is 1. The van der Waals surface area contributed by atoms with Crippen molar-refractivity contribution in [3.8, 4) is 0 Å². The number of aromatic amines is 1. The number of benzene rings is 1. The Balaban J connectivity index is 2.07. The number of hydrogen-bond donors (Lipinski definition) is 1. The molecular formula is C17H15Cl2N3O2S. The van der Waals surface area contributed by atoms with Gasteiger partial charge in [-0.05, 0) is 30.2 Å². The second kappa shape index (κ2) is 6.78. The van der Waals surface area contributed by atoms with Gasteiger partial charge in [-0.1, -0.05) is 29.3 Å². The molecule has 130 valence electrons. The summed E-state index contributed by atoms with van der Waals surface area (Å²) < 4.78 is 0. The number of H-pyrrole nitrogens is 1. The van der Waals surface area contributed by atoms with Gasteiger partial charge in [0, 0.05) is 30.6 Å². The van der Waals surface area contributed by atoms with E-state index in [1.165, 1.54) is 16.2 Å². The van der Waals surface area contributed by atoms with E-state index >= 15 is 0 Å². The van der Waals surface area contributed by atoms with Crippen LogP contribution in [0.3, 0.4) is 0 Å². The minimum absolute atomic E-state index is 0.137. The number of hydrogen-bond acceptors (Lipinski definition) is 4. The van der Waals surface area contributed by atoms with E-state index in [0.717, 1.165) is 5.56 Å². The highest BCUT2D eigenvalue weighted by molar-refractivity contribution is 7.20. The van der Waals surface area contributed by atoms with Gasteiger partial charge in [-0.25, -0.2) is 4.98 Å². The fourth-order valence-electron chi connectivity index (χ4n) is 2.52. The fourth-order valence-corrected chi connectivity index (χ4v) is 4.22. The van der Waals surface area contributed by atoms with Crippen molar-refractivity contribution in [2.75, 3.05) is 14.1 Å². The van der Waals surface area contributed by atoms with Crippen molar-refractivity contribution in [3.63, 3.8) is 0 Å². The summed E-state index contributed by atoms with van der Waals surface area (Å²) in [5.41, 5.74) is 1.21. The zero-order chi connectivity index (χ0) is 18.3. The molecule has 0 bridgehead atoms. The molecular weight excluding hydrogens is 381 g/mol. The average Bonchev–Trinajstić information content (AvgIpc) is 2.86. The maximum absolute atomic E-state index is 12.5. The molecule has 1 aromatic carbocycles. The SMILES string of the molecule is Cc1c(C(=O)N(C)C)sc2nc(Cc3ccc(Cl)cc3Cl)[nH]c(=O)c12. The van der Waals surface area contributed by atoms with Crippen LogP contribution in [-0.4, -0.2) is 34.9 Å². The van der Waals surface area contributed by atoms with E-state index in [0.29, 0.717) is 42.9 Å². The van der Waals surface area contributed by atoms with E-state index in [9.17, 15) is 9.59 Å². The Morgan fingerprint density at radius 3 is 2.68 bits per heavy atom. The molecule has 8 heteroatoms. The lowest BCUT2D eigenvalue weighted by atomic mass is 10.1. The van der Waals surface area contributed by atoms with Crippen molar-refractivity contribution in [3.05, 3.63) is 60.4 Å². The molecule has 0 unspecified atom stereocenters. The van der Waals surface area contributed by atoms with E-state index < -0.39 is 0 Å². The minimum atomic E-state index is -0.253. The molecule has 0 aliphatic carbocycles. The molecule has 0 aliphatic rings. The van der Waals surface area contributed by atoms with Gasteiger partial charge >= 0.3 is 0 Å². The first-order valence-corrected chi connectivity index (χ1v) is 9.03. The van der Waals surface area contributed by atoms with Gasteiger partial charge in [-0.15, -0.1) is 11.3 Å². The van der Waals surface area contributed by atoms with Crippen LogP contribution in [0.5, 0.6) is 0 Å². The van der Waals surface area contributed by atoms with Crippen LogP contribution in [-0.2, 0) is 6.42 Å². The summed E-state index contributed by atoms with van der Waals surface area (Å²) in [4.78, 5) is 34.6. The molecule has 3 aromatic rings. The zero-order valence-electron chi connectivity index (χ0n) is 13.8. The van der Waals surface area contributed by atoms with E-state index in [-0.39, 0.29) is 11.5 Å². The highest BCUT2D eigenvalue weighted by atomic mass is 35.5. The summed E-state index contributed by atoms with van der Waals surface area (Å²) in [7, 11) is 3.36. The summed E-state index contributed by atoms with van der Waals surface area (Å²) in [6.07, 6.45) is 0.370. The van der Waals surface area contributed by atoms with Crippen molar-refractivity contribution < 1.29 is 4.79 Å². The number of nitrogens with one attached hydrogen (secondary N) is 1. The van der Waals surface area contributed by atoms with Crippen molar-refractivity contribution in [2.24, 2.45) is 0 Å². The lowest BCUT2D eigenvalue weighted by Crippen LogP contribution is -2.21. The molecule has 1 N–H and O–H groups in total. The largest absolute Gasteiger partial charge is 0.344 e. The lowest BCUT2D eigenvalue weighted by molar-refractivity contribution is 0.0831. The van der Waals surface area contributed by atoms with E-state index in [1.807, 2.05) is 0 Å². The first-order valence-electron chi connectivity index (χ1n) is 7.45. The second-order valence-electron chi connectivity index (χ2n) is 5.86. The standard InChI is InChI=1S/C17H15Cl2N3O2S/c1-8-13-15(23)20-12(6-9-4-5-10(18)7-11(9)19)21-16(13)25-14(8)17(24)22(2)3/h4-5,7H,6H2,1-3H3,(H,20,21,23). The van der Waals surface area contributed by atoms with E-state index in [1.54, 1.807) is 39.2 Å². The van der Waals surface area contributed by atoms with Crippen molar-refractivity contribution in [1.82, 2.24) is 14.9 Å². The minimum Gasteiger partial charge on any atom is -0.344 e. The number of carbonyl (C=O) groups excluding carboxylic acids is 1. The Morgan fingerprint density at radius 2 is 2.04 bits per heavy atom. The Kier molecular flexibility index (Phi) is 4.86. The predicted octanol–water partition coefficient (Wildman–Crippen LogP) is 3.89. The fraction of sp³-hybridized carbons (Fsp3) is 0.235. The van der Waals surface area contributed by atoms with Gasteiger partial charge in [0.2, 0.25) is 0 Å². The predicted molar refractivity (Wildman–Crippen MR) is 102 cm³/mol. The monoisotopic (exact) mass is 395 g/mol. The summed E-state index contributed by atoms with van der Waals surface area (Å²) in [5.74, 6) is 0.356. The molecule has 1 amide bonds. The molecule has 0 fully saturated rings. The van der Waals surface area contributed by atoms with Crippen LogP contribution in [0, 0.1) is 6.92 Å². The number of thiophene rings is 1. The first-order chi connectivity index (χ1) is 11.8. The summed E-state index contributed by atoms with van der Waals surface area (Å²) in [5, 5.41) is 1.52. The summed E-state index contributed by atoms with van der Waals surface area (Å²) in [6.45, 7) is 1.77. The lowest BCUT2D eigenvalue weighted by Gasteiger charge is -2.08.